The van der Waals surface area contributed by atoms with Gasteiger partial charge in [-0.25, -0.2) is 0 Å². The Labute approximate surface area is 105 Å². The van der Waals surface area contributed by atoms with Crippen LogP contribution in [0.2, 0.25) is 0 Å². The molecule has 100 valence electrons. The first kappa shape index (κ1) is 14.5. The maximum absolute atomic E-state index is 10.8. The van der Waals surface area contributed by atoms with E-state index >= 15 is 0 Å². The van der Waals surface area contributed by atoms with Gasteiger partial charge in [0.05, 0.1) is 5.92 Å². The minimum Gasteiger partial charge on any atom is -0.481 e. The molecule has 1 atom stereocenters. The summed E-state index contributed by atoms with van der Waals surface area (Å²) in [5, 5.41) is 12.5. The fourth-order valence-electron chi connectivity index (χ4n) is 2.77. The molecule has 1 fully saturated rings. The van der Waals surface area contributed by atoms with Crippen molar-refractivity contribution < 1.29 is 9.90 Å². The Morgan fingerprint density at radius 3 is 2.29 bits per heavy atom. The summed E-state index contributed by atoms with van der Waals surface area (Å²) in [6.45, 7) is 7.79. The van der Waals surface area contributed by atoms with Crippen LogP contribution in [0.15, 0.2) is 0 Å². The standard InChI is InChI=1S/C14H27NO2/c1-10(2)8-11(3)15-9-12-4-6-13(7-5-12)14(16)17/h10-13,15H,4-9H2,1-3H3,(H,16,17). The maximum atomic E-state index is 10.8. The lowest BCUT2D eigenvalue weighted by Crippen LogP contribution is -2.34. The first-order valence-corrected chi connectivity index (χ1v) is 6.95. The van der Waals surface area contributed by atoms with Crippen LogP contribution in [-0.2, 0) is 4.79 Å². The zero-order valence-electron chi connectivity index (χ0n) is 11.4. The molecular weight excluding hydrogens is 214 g/mol. The lowest BCUT2D eigenvalue weighted by Gasteiger charge is -2.27. The van der Waals surface area contributed by atoms with Gasteiger partial charge in [0.15, 0.2) is 0 Å². The maximum Gasteiger partial charge on any atom is 0.306 e. The number of rotatable bonds is 6. The third kappa shape index (κ3) is 5.53. The van der Waals surface area contributed by atoms with Crippen LogP contribution < -0.4 is 5.32 Å². The van der Waals surface area contributed by atoms with Crippen LogP contribution in [0, 0.1) is 17.8 Å². The molecule has 0 aromatic carbocycles. The molecule has 2 N–H and O–H groups in total. The molecule has 1 aliphatic carbocycles. The molecule has 0 bridgehead atoms. The first-order valence-electron chi connectivity index (χ1n) is 6.95. The molecule has 0 spiro atoms. The zero-order valence-corrected chi connectivity index (χ0v) is 11.4. The van der Waals surface area contributed by atoms with Gasteiger partial charge in [0.2, 0.25) is 0 Å². The Morgan fingerprint density at radius 2 is 1.82 bits per heavy atom. The van der Waals surface area contributed by atoms with Crippen molar-refractivity contribution in [1.82, 2.24) is 5.32 Å². The van der Waals surface area contributed by atoms with Gasteiger partial charge in [0.1, 0.15) is 0 Å². The summed E-state index contributed by atoms with van der Waals surface area (Å²) in [5.41, 5.74) is 0. The second-order valence-corrected chi connectivity index (χ2v) is 5.99. The van der Waals surface area contributed by atoms with E-state index in [2.05, 4.69) is 26.1 Å². The summed E-state index contributed by atoms with van der Waals surface area (Å²) >= 11 is 0. The third-order valence-electron chi connectivity index (χ3n) is 3.78. The molecule has 0 aromatic heterocycles. The lowest BCUT2D eigenvalue weighted by atomic mass is 9.82. The summed E-state index contributed by atoms with van der Waals surface area (Å²) in [7, 11) is 0. The second kappa shape index (κ2) is 7.00. The fourth-order valence-corrected chi connectivity index (χ4v) is 2.77. The average Bonchev–Trinajstić information content (AvgIpc) is 2.26. The fraction of sp³-hybridized carbons (Fsp3) is 0.929. The molecule has 1 rings (SSSR count). The van der Waals surface area contributed by atoms with Gasteiger partial charge >= 0.3 is 5.97 Å². The van der Waals surface area contributed by atoms with Crippen LogP contribution in [0.25, 0.3) is 0 Å². The van der Waals surface area contributed by atoms with Crippen LogP contribution in [0.4, 0.5) is 0 Å². The van der Waals surface area contributed by atoms with E-state index in [0.29, 0.717) is 12.0 Å². The van der Waals surface area contributed by atoms with Crippen LogP contribution >= 0.6 is 0 Å². The van der Waals surface area contributed by atoms with Gasteiger partial charge in [0.25, 0.3) is 0 Å². The van der Waals surface area contributed by atoms with E-state index in [-0.39, 0.29) is 5.92 Å². The van der Waals surface area contributed by atoms with Crippen molar-refractivity contribution in [3.63, 3.8) is 0 Å². The molecule has 0 aliphatic heterocycles. The normalized spacial score (nSPS) is 27.1. The first-order chi connectivity index (χ1) is 7.99. The quantitative estimate of drug-likeness (QED) is 0.751. The van der Waals surface area contributed by atoms with Gasteiger partial charge < -0.3 is 10.4 Å². The van der Waals surface area contributed by atoms with E-state index in [1.54, 1.807) is 0 Å². The van der Waals surface area contributed by atoms with E-state index in [1.807, 2.05) is 0 Å². The third-order valence-corrected chi connectivity index (χ3v) is 3.78. The Hall–Kier alpha value is -0.570. The minimum atomic E-state index is -0.607. The molecule has 1 saturated carbocycles. The van der Waals surface area contributed by atoms with E-state index in [9.17, 15) is 4.79 Å². The molecule has 0 amide bonds. The molecule has 0 saturated heterocycles. The number of aliphatic carboxylic acids is 1. The molecule has 0 aromatic rings. The highest BCUT2D eigenvalue weighted by Crippen LogP contribution is 2.28. The lowest BCUT2D eigenvalue weighted by molar-refractivity contribution is -0.143. The average molecular weight is 241 g/mol. The van der Waals surface area contributed by atoms with Gasteiger partial charge in [-0.05, 0) is 57.4 Å². The van der Waals surface area contributed by atoms with E-state index in [1.165, 1.54) is 6.42 Å². The number of carboxylic acid groups (broad SMARTS) is 1. The minimum absolute atomic E-state index is 0.0839. The largest absolute Gasteiger partial charge is 0.481 e. The van der Waals surface area contributed by atoms with Crippen molar-refractivity contribution in [2.24, 2.45) is 17.8 Å². The molecule has 0 radical (unpaired) electrons. The van der Waals surface area contributed by atoms with Crippen LogP contribution in [-0.4, -0.2) is 23.7 Å². The van der Waals surface area contributed by atoms with Crippen LogP contribution in [0.5, 0.6) is 0 Å². The van der Waals surface area contributed by atoms with Crippen molar-refractivity contribution in [1.29, 1.82) is 0 Å². The summed E-state index contributed by atoms with van der Waals surface area (Å²) in [5.74, 6) is 0.726. The summed E-state index contributed by atoms with van der Waals surface area (Å²) < 4.78 is 0. The predicted molar refractivity (Wildman–Crippen MR) is 70.0 cm³/mol. The van der Waals surface area contributed by atoms with Crippen molar-refractivity contribution in [2.75, 3.05) is 6.54 Å². The highest BCUT2D eigenvalue weighted by Gasteiger charge is 2.25. The van der Waals surface area contributed by atoms with E-state index in [0.717, 1.165) is 38.1 Å². The Morgan fingerprint density at radius 1 is 1.24 bits per heavy atom. The van der Waals surface area contributed by atoms with Crippen LogP contribution in [0.1, 0.15) is 52.9 Å². The molecule has 0 heterocycles. The van der Waals surface area contributed by atoms with E-state index in [4.69, 9.17) is 5.11 Å². The van der Waals surface area contributed by atoms with E-state index < -0.39 is 5.97 Å². The van der Waals surface area contributed by atoms with Crippen molar-refractivity contribution >= 4 is 5.97 Å². The summed E-state index contributed by atoms with van der Waals surface area (Å²) in [6.07, 6.45) is 5.07. The second-order valence-electron chi connectivity index (χ2n) is 5.99. The number of nitrogens with one attached hydrogen (secondary N) is 1. The van der Waals surface area contributed by atoms with Gasteiger partial charge in [-0.3, -0.25) is 4.79 Å². The van der Waals surface area contributed by atoms with Crippen molar-refractivity contribution in [3.05, 3.63) is 0 Å². The van der Waals surface area contributed by atoms with Gasteiger partial charge in [0, 0.05) is 6.04 Å². The zero-order chi connectivity index (χ0) is 12.8. The number of carboxylic acids is 1. The van der Waals surface area contributed by atoms with Gasteiger partial charge in [-0.15, -0.1) is 0 Å². The summed E-state index contributed by atoms with van der Waals surface area (Å²) in [4.78, 5) is 10.8. The molecule has 1 aliphatic rings. The number of carbonyl (C=O) groups is 1. The predicted octanol–water partition coefficient (Wildman–Crippen LogP) is 2.90. The molecule has 3 heteroatoms. The monoisotopic (exact) mass is 241 g/mol. The summed E-state index contributed by atoms with van der Waals surface area (Å²) in [6, 6.07) is 0.576. The number of hydrogen-bond acceptors (Lipinski definition) is 2. The van der Waals surface area contributed by atoms with Crippen molar-refractivity contribution in [2.45, 2.75) is 58.9 Å². The Bertz CT molecular complexity index is 232. The number of hydrogen-bond donors (Lipinski definition) is 2. The Kier molecular flexibility index (Phi) is 5.96. The molecule has 3 nitrogen and oxygen atoms in total. The highest BCUT2D eigenvalue weighted by atomic mass is 16.4. The molecule has 17 heavy (non-hydrogen) atoms. The molecular formula is C14H27NO2. The van der Waals surface area contributed by atoms with Crippen molar-refractivity contribution in [3.8, 4) is 0 Å². The molecule has 1 unspecified atom stereocenters. The van der Waals surface area contributed by atoms with Gasteiger partial charge in [-0.1, -0.05) is 13.8 Å². The highest BCUT2D eigenvalue weighted by molar-refractivity contribution is 5.69. The Balaban J connectivity index is 2.16. The van der Waals surface area contributed by atoms with Crippen LogP contribution in [0.3, 0.4) is 0 Å². The SMILES string of the molecule is CC(C)CC(C)NCC1CCC(C(=O)O)CC1. The van der Waals surface area contributed by atoms with Gasteiger partial charge in [-0.2, -0.15) is 0 Å². The topological polar surface area (TPSA) is 49.3 Å². The smallest absolute Gasteiger partial charge is 0.306 e.